The fourth-order valence-corrected chi connectivity index (χ4v) is 1.40. The molecule has 1 aromatic rings. The highest BCUT2D eigenvalue weighted by atomic mass is 32.2. The van der Waals surface area contributed by atoms with Crippen molar-refractivity contribution in [3.63, 3.8) is 0 Å². The summed E-state index contributed by atoms with van der Waals surface area (Å²) in [6.45, 7) is 4.35. The molecule has 0 aliphatic rings. The third-order valence-corrected chi connectivity index (χ3v) is 2.88. The molecule has 0 radical (unpaired) electrons. The van der Waals surface area contributed by atoms with Gasteiger partial charge in [0.1, 0.15) is 0 Å². The second-order valence-electron chi connectivity index (χ2n) is 2.79. The molecule has 0 saturated heterocycles. The number of aryl methyl sites for hydroxylation is 1. The molecule has 0 fully saturated rings. The average Bonchev–Trinajstić information content (AvgIpc) is 2.05. The lowest BCUT2D eigenvalue weighted by Crippen LogP contribution is -1.86. The smallest absolute Gasteiger partial charge is 0.0266 e. The van der Waals surface area contributed by atoms with E-state index in [1.165, 1.54) is 11.1 Å². The maximum Gasteiger partial charge on any atom is 0.0266 e. The first-order valence-electron chi connectivity index (χ1n) is 3.83. The van der Waals surface area contributed by atoms with E-state index in [-0.39, 0.29) is 0 Å². The van der Waals surface area contributed by atoms with Gasteiger partial charge < -0.3 is 0 Å². The van der Waals surface area contributed by atoms with Crippen LogP contribution in [-0.4, -0.2) is 6.26 Å². The third-order valence-electron chi connectivity index (χ3n) is 1.90. The molecule has 0 spiro atoms. The first-order chi connectivity index (χ1) is 5.24. The molecule has 1 rings (SSSR count). The summed E-state index contributed by atoms with van der Waals surface area (Å²) in [5.41, 5.74) is 2.75. The summed E-state index contributed by atoms with van der Waals surface area (Å²) in [5.74, 6) is 0. The van der Waals surface area contributed by atoms with Crippen LogP contribution in [0.25, 0.3) is 0 Å². The molecule has 1 heteroatoms. The van der Waals surface area contributed by atoms with Crippen LogP contribution in [0.1, 0.15) is 23.3 Å². The molecule has 0 aliphatic heterocycles. The zero-order valence-electron chi connectivity index (χ0n) is 7.29. The quantitative estimate of drug-likeness (QED) is 0.648. The van der Waals surface area contributed by atoms with Gasteiger partial charge in [-0.3, -0.25) is 0 Å². The fourth-order valence-electron chi connectivity index (χ4n) is 0.974. The van der Waals surface area contributed by atoms with E-state index in [0.717, 1.165) is 0 Å². The number of thioether (sulfide) groups is 1. The van der Waals surface area contributed by atoms with Crippen molar-refractivity contribution in [3.05, 3.63) is 35.4 Å². The highest BCUT2D eigenvalue weighted by molar-refractivity contribution is 7.98. The van der Waals surface area contributed by atoms with E-state index >= 15 is 0 Å². The average molecular weight is 166 g/mol. The van der Waals surface area contributed by atoms with Crippen LogP contribution in [0.5, 0.6) is 0 Å². The Morgan fingerprint density at radius 3 is 2.18 bits per heavy atom. The summed E-state index contributed by atoms with van der Waals surface area (Å²) < 4.78 is 0. The molecule has 0 heterocycles. The normalized spacial score (nSPS) is 13.0. The number of benzene rings is 1. The molecule has 60 valence electrons. The summed E-state index contributed by atoms with van der Waals surface area (Å²) in [6, 6.07) is 8.75. The summed E-state index contributed by atoms with van der Waals surface area (Å²) >= 11 is 1.88. The zero-order chi connectivity index (χ0) is 8.27. The van der Waals surface area contributed by atoms with Crippen LogP contribution in [0.2, 0.25) is 0 Å². The van der Waals surface area contributed by atoms with E-state index in [9.17, 15) is 0 Å². The van der Waals surface area contributed by atoms with Crippen LogP contribution < -0.4 is 0 Å². The van der Waals surface area contributed by atoms with Gasteiger partial charge in [-0.2, -0.15) is 11.8 Å². The molecule has 1 aromatic carbocycles. The predicted octanol–water partition coefficient (Wildman–Crippen LogP) is 3.42. The minimum atomic E-state index is 0.621. The number of hydrogen-bond acceptors (Lipinski definition) is 1. The predicted molar refractivity (Wildman–Crippen MR) is 53.1 cm³/mol. The van der Waals surface area contributed by atoms with Gasteiger partial charge in [-0.05, 0) is 25.7 Å². The van der Waals surface area contributed by atoms with Gasteiger partial charge in [0.25, 0.3) is 0 Å². The maximum atomic E-state index is 2.23. The Labute approximate surface area is 73.0 Å². The van der Waals surface area contributed by atoms with E-state index in [1.54, 1.807) is 0 Å². The summed E-state index contributed by atoms with van der Waals surface area (Å²) in [4.78, 5) is 0. The Balaban J connectivity index is 2.81. The Morgan fingerprint density at radius 2 is 1.73 bits per heavy atom. The molecular weight excluding hydrogens is 152 g/mol. The Bertz CT molecular complexity index is 213. The molecule has 0 nitrogen and oxygen atoms in total. The van der Waals surface area contributed by atoms with Gasteiger partial charge in [0, 0.05) is 5.25 Å². The molecule has 0 aliphatic carbocycles. The topological polar surface area (TPSA) is 0 Å². The minimum Gasteiger partial charge on any atom is -0.158 e. The number of hydrogen-bond donors (Lipinski definition) is 0. The Hall–Kier alpha value is -0.430. The van der Waals surface area contributed by atoms with Gasteiger partial charge in [-0.25, -0.2) is 0 Å². The zero-order valence-corrected chi connectivity index (χ0v) is 8.11. The second-order valence-corrected chi connectivity index (χ2v) is 3.97. The van der Waals surface area contributed by atoms with Crippen LogP contribution >= 0.6 is 11.8 Å². The molecule has 0 saturated carbocycles. The van der Waals surface area contributed by atoms with Crippen molar-refractivity contribution >= 4 is 11.8 Å². The minimum absolute atomic E-state index is 0.621. The van der Waals surface area contributed by atoms with Crippen molar-refractivity contribution in [2.24, 2.45) is 0 Å². The third kappa shape index (κ3) is 2.26. The van der Waals surface area contributed by atoms with Gasteiger partial charge in [0.15, 0.2) is 0 Å². The van der Waals surface area contributed by atoms with Crippen LogP contribution in [0.15, 0.2) is 24.3 Å². The molecule has 0 aromatic heterocycles. The van der Waals surface area contributed by atoms with Crippen LogP contribution in [0.3, 0.4) is 0 Å². The molecule has 0 N–H and O–H groups in total. The van der Waals surface area contributed by atoms with Crippen LogP contribution in [-0.2, 0) is 0 Å². The monoisotopic (exact) mass is 166 g/mol. The Kier molecular flexibility index (Phi) is 3.01. The van der Waals surface area contributed by atoms with Crippen LogP contribution in [0, 0.1) is 6.92 Å². The molecule has 1 atom stereocenters. The van der Waals surface area contributed by atoms with Gasteiger partial charge in [-0.1, -0.05) is 29.8 Å². The maximum absolute atomic E-state index is 2.23. The summed E-state index contributed by atoms with van der Waals surface area (Å²) in [5, 5.41) is 0.621. The lowest BCUT2D eigenvalue weighted by Gasteiger charge is -2.07. The van der Waals surface area contributed by atoms with E-state index in [4.69, 9.17) is 0 Å². The van der Waals surface area contributed by atoms with Crippen molar-refractivity contribution in [2.45, 2.75) is 19.1 Å². The molecule has 1 unspecified atom stereocenters. The highest BCUT2D eigenvalue weighted by Gasteiger charge is 2.00. The van der Waals surface area contributed by atoms with Crippen LogP contribution in [0.4, 0.5) is 0 Å². The lowest BCUT2D eigenvalue weighted by atomic mass is 10.1. The van der Waals surface area contributed by atoms with Crippen molar-refractivity contribution in [1.82, 2.24) is 0 Å². The number of rotatable bonds is 2. The van der Waals surface area contributed by atoms with Gasteiger partial charge in [0.2, 0.25) is 0 Å². The first-order valence-corrected chi connectivity index (χ1v) is 5.12. The SMILES string of the molecule is CSC(C)c1ccc(C)cc1. The summed E-state index contributed by atoms with van der Waals surface area (Å²) in [6.07, 6.45) is 2.14. The van der Waals surface area contributed by atoms with Crippen molar-refractivity contribution in [2.75, 3.05) is 6.26 Å². The molecular formula is C10H14S. The van der Waals surface area contributed by atoms with Crippen molar-refractivity contribution < 1.29 is 0 Å². The van der Waals surface area contributed by atoms with E-state index in [1.807, 2.05) is 11.8 Å². The molecule has 0 bridgehead atoms. The fraction of sp³-hybridized carbons (Fsp3) is 0.400. The molecule has 11 heavy (non-hydrogen) atoms. The summed E-state index contributed by atoms with van der Waals surface area (Å²) in [7, 11) is 0. The van der Waals surface area contributed by atoms with E-state index < -0.39 is 0 Å². The highest BCUT2D eigenvalue weighted by Crippen LogP contribution is 2.25. The molecule has 0 amide bonds. The van der Waals surface area contributed by atoms with Gasteiger partial charge in [0.05, 0.1) is 0 Å². The standard InChI is InChI=1S/C10H14S/c1-8-4-6-10(7-5-8)9(2)11-3/h4-7,9H,1-3H3. The second kappa shape index (κ2) is 3.82. The first kappa shape index (κ1) is 8.66. The van der Waals surface area contributed by atoms with E-state index in [0.29, 0.717) is 5.25 Å². The largest absolute Gasteiger partial charge is 0.158 e. The van der Waals surface area contributed by atoms with Crippen molar-refractivity contribution in [3.8, 4) is 0 Å². The van der Waals surface area contributed by atoms with Gasteiger partial charge >= 0.3 is 0 Å². The van der Waals surface area contributed by atoms with Gasteiger partial charge in [-0.15, -0.1) is 0 Å². The lowest BCUT2D eigenvalue weighted by molar-refractivity contribution is 1.10. The van der Waals surface area contributed by atoms with E-state index in [2.05, 4.69) is 44.4 Å². The Morgan fingerprint density at radius 1 is 1.18 bits per heavy atom. The van der Waals surface area contributed by atoms with Crippen molar-refractivity contribution in [1.29, 1.82) is 0 Å².